The van der Waals surface area contributed by atoms with Gasteiger partial charge in [-0.2, -0.15) is 0 Å². The van der Waals surface area contributed by atoms with Crippen molar-refractivity contribution in [1.29, 1.82) is 0 Å². The number of rotatable bonds is 2. The first-order valence-electron chi connectivity index (χ1n) is 5.47. The highest BCUT2D eigenvalue weighted by molar-refractivity contribution is 5.83. The molecule has 3 nitrogen and oxygen atoms in total. The number of benzene rings is 1. The Hall–Kier alpha value is -2.13. The molecule has 0 fully saturated rings. The molecule has 1 unspecified atom stereocenters. The molecule has 0 saturated heterocycles. The van der Waals surface area contributed by atoms with E-state index < -0.39 is 6.10 Å². The number of hydrogen-bond donors (Lipinski definition) is 1. The molecule has 2 aromatic heterocycles. The van der Waals surface area contributed by atoms with Gasteiger partial charge in [0.1, 0.15) is 5.76 Å². The lowest BCUT2D eigenvalue weighted by atomic mass is 10.1. The molecule has 0 aliphatic rings. The minimum absolute atomic E-state index is 0.539. The maximum absolute atomic E-state index is 10.3. The lowest BCUT2D eigenvalue weighted by molar-refractivity contribution is -0.395. The number of furan rings is 1. The summed E-state index contributed by atoms with van der Waals surface area (Å²) < 4.78 is 5.23. The summed E-state index contributed by atoms with van der Waals surface area (Å²) in [4.78, 5) is 3.09. The van der Waals surface area contributed by atoms with Crippen LogP contribution in [0.1, 0.15) is 17.6 Å². The summed E-state index contributed by atoms with van der Waals surface area (Å²) >= 11 is 0. The van der Waals surface area contributed by atoms with Crippen LogP contribution in [-0.2, 0) is 0 Å². The van der Waals surface area contributed by atoms with Gasteiger partial charge in [0.05, 0.1) is 11.6 Å². The van der Waals surface area contributed by atoms with Crippen LogP contribution in [0.3, 0.4) is 0 Å². The van der Waals surface area contributed by atoms with Gasteiger partial charge in [0.25, 0.3) is 0 Å². The molecule has 3 aromatic rings. The fraction of sp³-hybridized carbons (Fsp3) is 0.0714. The molecule has 0 aliphatic heterocycles. The SMILES string of the molecule is OC(c1ccco1)c1[nH+]ccc2ccccc12. The Bertz CT molecular complexity index is 626. The molecule has 0 aliphatic carbocycles. The van der Waals surface area contributed by atoms with Crippen molar-refractivity contribution in [3.8, 4) is 0 Å². The molecule has 0 saturated carbocycles. The third-order valence-corrected chi connectivity index (χ3v) is 2.84. The molecule has 84 valence electrons. The number of aliphatic hydroxyl groups excluding tert-OH is 1. The number of hydrogen-bond acceptors (Lipinski definition) is 2. The van der Waals surface area contributed by atoms with Crippen LogP contribution in [-0.4, -0.2) is 5.11 Å². The molecule has 17 heavy (non-hydrogen) atoms. The van der Waals surface area contributed by atoms with Crippen LogP contribution >= 0.6 is 0 Å². The first-order valence-corrected chi connectivity index (χ1v) is 5.47. The fourth-order valence-corrected chi connectivity index (χ4v) is 2.00. The zero-order valence-corrected chi connectivity index (χ0v) is 9.13. The summed E-state index contributed by atoms with van der Waals surface area (Å²) in [5.41, 5.74) is 0.748. The second-order valence-electron chi connectivity index (χ2n) is 3.90. The van der Waals surface area contributed by atoms with E-state index >= 15 is 0 Å². The Balaban J connectivity index is 2.17. The number of aliphatic hydroxyl groups is 1. The topological polar surface area (TPSA) is 47.5 Å². The highest BCUT2D eigenvalue weighted by atomic mass is 16.4. The van der Waals surface area contributed by atoms with E-state index in [1.165, 1.54) is 0 Å². The summed E-state index contributed by atoms with van der Waals surface area (Å²) in [6.07, 6.45) is 2.61. The van der Waals surface area contributed by atoms with Gasteiger partial charge < -0.3 is 9.52 Å². The predicted octanol–water partition coefficient (Wildman–Crippen LogP) is 2.33. The highest BCUT2D eigenvalue weighted by Gasteiger charge is 2.22. The zero-order chi connectivity index (χ0) is 11.7. The van der Waals surface area contributed by atoms with Crippen molar-refractivity contribution in [2.75, 3.05) is 0 Å². The monoisotopic (exact) mass is 226 g/mol. The molecule has 0 spiro atoms. The Kier molecular flexibility index (Phi) is 2.38. The quantitative estimate of drug-likeness (QED) is 0.729. The molecule has 3 rings (SSSR count). The van der Waals surface area contributed by atoms with E-state index in [1.807, 2.05) is 36.5 Å². The van der Waals surface area contributed by atoms with E-state index in [0.29, 0.717) is 5.76 Å². The highest BCUT2D eigenvalue weighted by Crippen LogP contribution is 2.25. The van der Waals surface area contributed by atoms with Crippen molar-refractivity contribution in [2.24, 2.45) is 0 Å². The van der Waals surface area contributed by atoms with Gasteiger partial charge >= 0.3 is 0 Å². The minimum atomic E-state index is -0.768. The van der Waals surface area contributed by atoms with Crippen molar-refractivity contribution >= 4 is 10.8 Å². The summed E-state index contributed by atoms with van der Waals surface area (Å²) in [6, 6.07) is 13.4. The Morgan fingerprint density at radius 3 is 2.76 bits per heavy atom. The number of nitrogens with one attached hydrogen (secondary N) is 1. The van der Waals surface area contributed by atoms with E-state index in [1.54, 1.807) is 18.4 Å². The largest absolute Gasteiger partial charge is 0.466 e. The van der Waals surface area contributed by atoms with Gasteiger partial charge in [-0.15, -0.1) is 0 Å². The van der Waals surface area contributed by atoms with Gasteiger partial charge in [0.15, 0.2) is 12.3 Å². The average Bonchev–Trinajstić information content (AvgIpc) is 2.91. The molecule has 0 bridgehead atoms. The number of aromatic nitrogens is 1. The van der Waals surface area contributed by atoms with Crippen LogP contribution in [0.4, 0.5) is 0 Å². The van der Waals surface area contributed by atoms with Crippen LogP contribution < -0.4 is 4.98 Å². The van der Waals surface area contributed by atoms with Gasteiger partial charge in [-0.3, -0.25) is 0 Å². The molecular weight excluding hydrogens is 214 g/mol. The molecule has 0 radical (unpaired) electrons. The predicted molar refractivity (Wildman–Crippen MR) is 63.3 cm³/mol. The van der Waals surface area contributed by atoms with Crippen LogP contribution in [0.25, 0.3) is 10.8 Å². The Morgan fingerprint density at radius 1 is 1.06 bits per heavy atom. The molecule has 0 amide bonds. The smallest absolute Gasteiger partial charge is 0.224 e. The average molecular weight is 226 g/mol. The Morgan fingerprint density at radius 2 is 1.94 bits per heavy atom. The summed E-state index contributed by atoms with van der Waals surface area (Å²) in [7, 11) is 0. The van der Waals surface area contributed by atoms with Crippen molar-refractivity contribution < 1.29 is 14.5 Å². The standard InChI is InChI=1S/C14H11NO2/c16-14(12-6-3-9-17-12)13-11-5-2-1-4-10(11)7-8-15-13/h1-9,14,16H/p+1. The number of aromatic amines is 1. The van der Waals surface area contributed by atoms with Gasteiger partial charge in [0.2, 0.25) is 5.69 Å². The van der Waals surface area contributed by atoms with Gasteiger partial charge in [-0.25, -0.2) is 4.98 Å². The fourth-order valence-electron chi connectivity index (χ4n) is 2.00. The Labute approximate surface area is 98.3 Å². The maximum atomic E-state index is 10.3. The first-order chi connectivity index (χ1) is 8.36. The third kappa shape index (κ3) is 1.70. The molecule has 1 atom stereocenters. The van der Waals surface area contributed by atoms with Crippen molar-refractivity contribution in [3.63, 3.8) is 0 Å². The molecule has 1 aromatic carbocycles. The van der Waals surface area contributed by atoms with E-state index in [2.05, 4.69) is 4.98 Å². The van der Waals surface area contributed by atoms with Gasteiger partial charge in [-0.1, -0.05) is 18.2 Å². The van der Waals surface area contributed by atoms with Crippen molar-refractivity contribution in [1.82, 2.24) is 0 Å². The molecule has 3 heteroatoms. The number of pyridine rings is 1. The second kappa shape index (κ2) is 4.03. The minimum Gasteiger partial charge on any atom is -0.466 e. The second-order valence-corrected chi connectivity index (χ2v) is 3.90. The van der Waals surface area contributed by atoms with Crippen LogP contribution in [0, 0.1) is 0 Å². The third-order valence-electron chi connectivity index (χ3n) is 2.84. The summed E-state index contributed by atoms with van der Waals surface area (Å²) in [6.45, 7) is 0. The summed E-state index contributed by atoms with van der Waals surface area (Å²) in [5.74, 6) is 0.539. The van der Waals surface area contributed by atoms with Crippen molar-refractivity contribution in [3.05, 3.63) is 66.4 Å². The molecule has 2 heterocycles. The van der Waals surface area contributed by atoms with E-state index in [0.717, 1.165) is 16.5 Å². The lowest BCUT2D eigenvalue weighted by Crippen LogP contribution is -2.15. The van der Waals surface area contributed by atoms with Crippen LogP contribution in [0.2, 0.25) is 0 Å². The number of fused-ring (bicyclic) bond motifs is 1. The lowest BCUT2D eigenvalue weighted by Gasteiger charge is -2.05. The van der Waals surface area contributed by atoms with Crippen LogP contribution in [0.5, 0.6) is 0 Å². The van der Waals surface area contributed by atoms with E-state index in [-0.39, 0.29) is 0 Å². The number of H-pyrrole nitrogens is 1. The van der Waals surface area contributed by atoms with E-state index in [9.17, 15) is 5.11 Å². The molecular formula is C14H12NO2+. The van der Waals surface area contributed by atoms with Crippen molar-refractivity contribution in [2.45, 2.75) is 6.10 Å². The van der Waals surface area contributed by atoms with Gasteiger partial charge in [0, 0.05) is 6.07 Å². The zero-order valence-electron chi connectivity index (χ0n) is 9.13. The summed E-state index contributed by atoms with van der Waals surface area (Å²) in [5, 5.41) is 12.3. The van der Waals surface area contributed by atoms with E-state index in [4.69, 9.17) is 4.42 Å². The molecule has 2 N–H and O–H groups in total. The maximum Gasteiger partial charge on any atom is 0.224 e. The normalized spacial score (nSPS) is 12.8. The first kappa shape index (κ1) is 10.1. The van der Waals surface area contributed by atoms with Crippen LogP contribution in [0.15, 0.2) is 59.3 Å². The van der Waals surface area contributed by atoms with Gasteiger partial charge in [-0.05, 0) is 23.6 Å².